The Morgan fingerprint density at radius 3 is 2.63 bits per heavy atom. The Labute approximate surface area is 178 Å². The maximum Gasteiger partial charge on any atom is 0.261 e. The van der Waals surface area contributed by atoms with E-state index in [1.807, 2.05) is 49.4 Å². The number of anilines is 1. The molecular weight excluding hydrogens is 398 g/mol. The molecule has 1 aromatic heterocycles. The molecule has 1 heterocycles. The number of oxazole rings is 1. The summed E-state index contributed by atoms with van der Waals surface area (Å²) in [6.45, 7) is 2.01. The van der Waals surface area contributed by atoms with Crippen molar-refractivity contribution in [2.24, 2.45) is 0 Å². The van der Waals surface area contributed by atoms with Gasteiger partial charge in [0.05, 0.1) is 12.7 Å². The summed E-state index contributed by atoms with van der Waals surface area (Å²) in [4.78, 5) is 17.1. The summed E-state index contributed by atoms with van der Waals surface area (Å²) in [6.07, 6.45) is 0. The molecule has 0 saturated heterocycles. The molecule has 150 valence electrons. The molecule has 0 radical (unpaired) electrons. The van der Waals surface area contributed by atoms with Crippen molar-refractivity contribution in [1.82, 2.24) is 10.3 Å². The van der Waals surface area contributed by atoms with Gasteiger partial charge >= 0.3 is 0 Å². The zero-order valence-electron chi connectivity index (χ0n) is 16.4. The molecule has 0 aliphatic heterocycles. The predicted octanol–water partition coefficient (Wildman–Crippen LogP) is 4.94. The van der Waals surface area contributed by atoms with Crippen LogP contribution in [0.4, 0.5) is 5.69 Å². The van der Waals surface area contributed by atoms with Crippen molar-refractivity contribution in [2.75, 3.05) is 12.4 Å². The first-order valence-electron chi connectivity index (χ1n) is 9.27. The number of rotatable bonds is 4. The van der Waals surface area contributed by atoms with E-state index < -0.39 is 0 Å². The third-order valence-electron chi connectivity index (χ3n) is 4.60. The minimum atomic E-state index is -0.352. The second kappa shape index (κ2) is 8.34. The Kier molecular flexibility index (Phi) is 5.45. The van der Waals surface area contributed by atoms with E-state index in [2.05, 4.69) is 15.6 Å². The minimum absolute atomic E-state index is 0.174. The molecule has 7 heteroatoms. The highest BCUT2D eigenvalue weighted by Crippen LogP contribution is 2.28. The lowest BCUT2D eigenvalue weighted by molar-refractivity contribution is 0.0975. The molecule has 4 rings (SSSR count). The minimum Gasteiger partial charge on any atom is -0.496 e. The molecule has 0 aliphatic carbocycles. The molecule has 6 nitrogen and oxygen atoms in total. The van der Waals surface area contributed by atoms with Crippen LogP contribution in [-0.4, -0.2) is 23.1 Å². The van der Waals surface area contributed by atoms with Gasteiger partial charge < -0.3 is 14.5 Å². The average Bonchev–Trinajstić information content (AvgIpc) is 3.17. The van der Waals surface area contributed by atoms with E-state index in [9.17, 15) is 4.79 Å². The SMILES string of the molecule is COc1ccccc1C(=O)NC(=S)Nc1ccc2oc(-c3ccccc3C)nc2c1. The van der Waals surface area contributed by atoms with Crippen LogP contribution in [0.5, 0.6) is 5.75 Å². The molecule has 0 unspecified atom stereocenters. The lowest BCUT2D eigenvalue weighted by Gasteiger charge is -2.11. The van der Waals surface area contributed by atoms with Crippen molar-refractivity contribution in [3.63, 3.8) is 0 Å². The van der Waals surface area contributed by atoms with Crippen LogP contribution in [0.15, 0.2) is 71.1 Å². The van der Waals surface area contributed by atoms with Crippen LogP contribution in [0.3, 0.4) is 0 Å². The number of aryl methyl sites for hydroxylation is 1. The fraction of sp³-hybridized carbons (Fsp3) is 0.0870. The lowest BCUT2D eigenvalue weighted by atomic mass is 10.1. The number of hydrogen-bond acceptors (Lipinski definition) is 5. The number of hydrogen-bond donors (Lipinski definition) is 2. The predicted molar refractivity (Wildman–Crippen MR) is 121 cm³/mol. The van der Waals surface area contributed by atoms with Crippen LogP contribution in [0.2, 0.25) is 0 Å². The number of amides is 1. The summed E-state index contributed by atoms with van der Waals surface area (Å²) in [7, 11) is 1.51. The van der Waals surface area contributed by atoms with E-state index in [-0.39, 0.29) is 11.0 Å². The second-order valence-electron chi connectivity index (χ2n) is 6.62. The van der Waals surface area contributed by atoms with Crippen LogP contribution in [-0.2, 0) is 0 Å². The van der Waals surface area contributed by atoms with Gasteiger partial charge in [0.25, 0.3) is 5.91 Å². The number of para-hydroxylation sites is 1. The molecule has 0 fully saturated rings. The van der Waals surface area contributed by atoms with E-state index in [0.717, 1.165) is 11.1 Å². The Morgan fingerprint density at radius 2 is 1.83 bits per heavy atom. The zero-order valence-corrected chi connectivity index (χ0v) is 17.2. The molecular formula is C23H19N3O3S. The van der Waals surface area contributed by atoms with Gasteiger partial charge in [0.2, 0.25) is 5.89 Å². The van der Waals surface area contributed by atoms with Gasteiger partial charge in [-0.15, -0.1) is 0 Å². The maximum atomic E-state index is 12.5. The van der Waals surface area contributed by atoms with Gasteiger partial charge in [-0.05, 0) is 61.1 Å². The Balaban J connectivity index is 1.50. The molecule has 30 heavy (non-hydrogen) atoms. The fourth-order valence-electron chi connectivity index (χ4n) is 3.10. The number of carbonyl (C=O) groups excluding carboxylic acids is 1. The Hall–Kier alpha value is -3.71. The number of benzene rings is 3. The summed E-state index contributed by atoms with van der Waals surface area (Å²) in [5.74, 6) is 0.687. The first-order chi connectivity index (χ1) is 14.5. The third kappa shape index (κ3) is 4.01. The summed E-state index contributed by atoms with van der Waals surface area (Å²) >= 11 is 5.29. The van der Waals surface area contributed by atoms with Gasteiger partial charge in [0, 0.05) is 11.3 Å². The van der Waals surface area contributed by atoms with Crippen molar-refractivity contribution < 1.29 is 13.9 Å². The highest BCUT2D eigenvalue weighted by atomic mass is 32.1. The third-order valence-corrected chi connectivity index (χ3v) is 4.80. The summed E-state index contributed by atoms with van der Waals surface area (Å²) in [5.41, 5.74) is 4.49. The van der Waals surface area contributed by atoms with Crippen LogP contribution in [0.1, 0.15) is 15.9 Å². The smallest absolute Gasteiger partial charge is 0.261 e. The number of ether oxygens (including phenoxy) is 1. The molecule has 0 spiro atoms. The quantitative estimate of drug-likeness (QED) is 0.458. The van der Waals surface area contributed by atoms with Gasteiger partial charge in [-0.3, -0.25) is 10.1 Å². The average molecular weight is 417 g/mol. The van der Waals surface area contributed by atoms with Crippen LogP contribution < -0.4 is 15.4 Å². The van der Waals surface area contributed by atoms with Crippen LogP contribution >= 0.6 is 12.2 Å². The van der Waals surface area contributed by atoms with Crippen molar-refractivity contribution in [3.8, 4) is 17.2 Å². The lowest BCUT2D eigenvalue weighted by Crippen LogP contribution is -2.34. The Bertz CT molecular complexity index is 1250. The molecule has 0 saturated carbocycles. The highest BCUT2D eigenvalue weighted by molar-refractivity contribution is 7.80. The van der Waals surface area contributed by atoms with E-state index in [0.29, 0.717) is 34.0 Å². The molecule has 1 amide bonds. The molecule has 2 N–H and O–H groups in total. The molecule has 0 atom stereocenters. The van der Waals surface area contributed by atoms with E-state index >= 15 is 0 Å². The van der Waals surface area contributed by atoms with Gasteiger partial charge in [0.1, 0.15) is 11.3 Å². The second-order valence-corrected chi connectivity index (χ2v) is 7.03. The molecule has 3 aromatic carbocycles. The number of aromatic nitrogens is 1. The van der Waals surface area contributed by atoms with E-state index in [1.54, 1.807) is 24.3 Å². The van der Waals surface area contributed by atoms with Gasteiger partial charge in [-0.1, -0.05) is 30.3 Å². The number of thiocarbonyl (C=S) groups is 1. The molecule has 0 aliphatic rings. The van der Waals surface area contributed by atoms with E-state index in [4.69, 9.17) is 21.4 Å². The number of nitrogens with zero attached hydrogens (tertiary/aromatic N) is 1. The standard InChI is InChI=1S/C23H19N3O3S/c1-14-7-3-4-8-16(14)22-25-18-13-15(11-12-20(18)29-22)24-23(30)26-21(27)17-9-5-6-10-19(17)28-2/h3-13H,1-2H3,(H2,24,26,27,30). The largest absolute Gasteiger partial charge is 0.496 e. The molecule has 4 aromatic rings. The normalized spacial score (nSPS) is 10.6. The van der Waals surface area contributed by atoms with Crippen LogP contribution in [0, 0.1) is 6.92 Å². The number of carbonyl (C=O) groups is 1. The topological polar surface area (TPSA) is 76.4 Å². The Morgan fingerprint density at radius 1 is 1.07 bits per heavy atom. The van der Waals surface area contributed by atoms with Gasteiger partial charge in [0.15, 0.2) is 10.7 Å². The number of nitrogens with one attached hydrogen (secondary N) is 2. The van der Waals surface area contributed by atoms with E-state index in [1.165, 1.54) is 7.11 Å². The zero-order chi connectivity index (χ0) is 21.1. The van der Waals surface area contributed by atoms with Crippen LogP contribution in [0.25, 0.3) is 22.6 Å². The molecule has 0 bridgehead atoms. The summed E-state index contributed by atoms with van der Waals surface area (Å²) < 4.78 is 11.1. The first-order valence-corrected chi connectivity index (χ1v) is 9.68. The monoisotopic (exact) mass is 417 g/mol. The van der Waals surface area contributed by atoms with Crippen molar-refractivity contribution in [2.45, 2.75) is 6.92 Å². The summed E-state index contributed by atoms with van der Waals surface area (Å²) in [5, 5.41) is 5.85. The van der Waals surface area contributed by atoms with Gasteiger partial charge in [-0.2, -0.15) is 0 Å². The fourth-order valence-corrected chi connectivity index (χ4v) is 3.31. The van der Waals surface area contributed by atoms with Crippen molar-refractivity contribution in [1.29, 1.82) is 0 Å². The summed E-state index contributed by atoms with van der Waals surface area (Å²) in [6, 6.07) is 20.3. The highest BCUT2D eigenvalue weighted by Gasteiger charge is 2.14. The van der Waals surface area contributed by atoms with Crippen molar-refractivity contribution >= 4 is 40.0 Å². The van der Waals surface area contributed by atoms with Gasteiger partial charge in [-0.25, -0.2) is 4.98 Å². The number of methoxy groups -OCH3 is 1. The first kappa shape index (κ1) is 19.6. The van der Waals surface area contributed by atoms with Crippen molar-refractivity contribution in [3.05, 3.63) is 77.9 Å². The maximum absolute atomic E-state index is 12.5. The number of fused-ring (bicyclic) bond motifs is 1.